The quantitative estimate of drug-likeness (QED) is 0.225. The molecule has 1 aliphatic carbocycles. The van der Waals surface area contributed by atoms with Crippen LogP contribution in [0.25, 0.3) is 0 Å². The summed E-state index contributed by atoms with van der Waals surface area (Å²) in [6.45, 7) is 2.41. The highest BCUT2D eigenvalue weighted by molar-refractivity contribution is 8.45. The summed E-state index contributed by atoms with van der Waals surface area (Å²) in [5.41, 5.74) is 2.21. The predicted octanol–water partition coefficient (Wildman–Crippen LogP) is 10.6. The van der Waals surface area contributed by atoms with Crippen molar-refractivity contribution in [1.82, 2.24) is 0 Å². The fourth-order valence-corrected chi connectivity index (χ4v) is 5.32. The Morgan fingerprint density at radius 1 is 0.758 bits per heavy atom. The van der Waals surface area contributed by atoms with Gasteiger partial charge in [-0.2, -0.15) is 0 Å². The van der Waals surface area contributed by atoms with Crippen LogP contribution in [0.2, 0.25) is 0 Å². The van der Waals surface area contributed by atoms with E-state index in [1.165, 1.54) is 69.8 Å². The minimum Gasteiger partial charge on any atom is -0.489 e. The van der Waals surface area contributed by atoms with Crippen LogP contribution in [0.1, 0.15) is 88.2 Å². The summed E-state index contributed by atoms with van der Waals surface area (Å²) < 4.78 is 69.5. The van der Waals surface area contributed by atoms with E-state index < -0.39 is 15.1 Å². The lowest BCUT2D eigenvalue weighted by molar-refractivity contribution is 0.300. The lowest BCUT2D eigenvalue weighted by atomic mass is 9.77. The molecule has 1 nitrogen and oxygen atoms in total. The zero-order chi connectivity index (χ0) is 24.0. The zero-order valence-electron chi connectivity index (χ0n) is 19.3. The Morgan fingerprint density at radius 2 is 1.36 bits per heavy atom. The van der Waals surface area contributed by atoms with Gasteiger partial charge in [0.2, 0.25) is 0 Å². The van der Waals surface area contributed by atoms with Crippen LogP contribution in [0.4, 0.5) is 19.4 Å². The zero-order valence-corrected chi connectivity index (χ0v) is 20.1. The first-order chi connectivity index (χ1) is 15.4. The van der Waals surface area contributed by atoms with Crippen LogP contribution < -0.4 is 4.74 Å². The van der Waals surface area contributed by atoms with Gasteiger partial charge in [-0.1, -0.05) is 89.1 Å². The molecule has 0 spiro atoms. The Balaban J connectivity index is 1.44. The first-order valence-corrected chi connectivity index (χ1v) is 14.0. The van der Waals surface area contributed by atoms with Gasteiger partial charge in [-0.25, -0.2) is 0 Å². The minimum absolute atomic E-state index is 0.123. The van der Waals surface area contributed by atoms with Gasteiger partial charge in [-0.05, 0) is 72.9 Å². The topological polar surface area (TPSA) is 9.23 Å². The Kier molecular flexibility index (Phi) is 7.72. The summed E-state index contributed by atoms with van der Waals surface area (Å²) in [7, 11) is -9.65. The van der Waals surface area contributed by atoms with E-state index >= 15 is 0 Å². The molecule has 2 aromatic rings. The van der Waals surface area contributed by atoms with E-state index in [-0.39, 0.29) is 12.4 Å². The van der Waals surface area contributed by atoms with Gasteiger partial charge in [0.25, 0.3) is 0 Å². The second-order valence-electron chi connectivity index (χ2n) is 9.39. The predicted molar refractivity (Wildman–Crippen MR) is 127 cm³/mol. The maximum atomic E-state index is 12.8. The van der Waals surface area contributed by atoms with Gasteiger partial charge in [0, 0.05) is 0 Å². The molecule has 2 aromatic carbocycles. The molecule has 33 heavy (non-hydrogen) atoms. The molecule has 0 aromatic heterocycles. The van der Waals surface area contributed by atoms with Gasteiger partial charge in [-0.15, -0.1) is 0 Å². The van der Waals surface area contributed by atoms with E-state index in [2.05, 4.69) is 19.1 Å². The number of ether oxygens (including phenoxy) is 1. The van der Waals surface area contributed by atoms with Crippen LogP contribution in [0.15, 0.2) is 53.4 Å². The third-order valence-corrected chi connectivity index (χ3v) is 7.85. The average Bonchev–Trinajstić information content (AvgIpc) is 2.77. The lowest BCUT2D eigenvalue weighted by Crippen LogP contribution is -2.13. The van der Waals surface area contributed by atoms with Crippen molar-refractivity contribution >= 4 is 10.2 Å². The maximum absolute atomic E-state index is 12.8. The van der Waals surface area contributed by atoms with E-state index in [0.29, 0.717) is 18.1 Å². The molecular formula is C26H35F5OS. The van der Waals surface area contributed by atoms with Crippen molar-refractivity contribution in [3.05, 3.63) is 59.7 Å². The summed E-state index contributed by atoms with van der Waals surface area (Å²) >= 11 is 0. The Morgan fingerprint density at radius 3 is 1.94 bits per heavy atom. The van der Waals surface area contributed by atoms with Crippen LogP contribution in [-0.4, -0.2) is 0 Å². The summed E-state index contributed by atoms with van der Waals surface area (Å²) in [5.74, 6) is 1.56. The third kappa shape index (κ3) is 8.20. The van der Waals surface area contributed by atoms with Crippen molar-refractivity contribution in [3.63, 3.8) is 0 Å². The molecule has 0 aliphatic heterocycles. The van der Waals surface area contributed by atoms with E-state index in [0.717, 1.165) is 23.6 Å². The molecular weight excluding hydrogens is 455 g/mol. The van der Waals surface area contributed by atoms with Gasteiger partial charge in [0.1, 0.15) is 17.3 Å². The summed E-state index contributed by atoms with van der Waals surface area (Å²) in [5, 5.41) is 0. The van der Waals surface area contributed by atoms with Crippen molar-refractivity contribution in [2.24, 2.45) is 5.92 Å². The van der Waals surface area contributed by atoms with Crippen LogP contribution in [0.5, 0.6) is 5.75 Å². The highest BCUT2D eigenvalue weighted by atomic mass is 32.5. The van der Waals surface area contributed by atoms with Crippen molar-refractivity contribution in [3.8, 4) is 5.75 Å². The van der Waals surface area contributed by atoms with Gasteiger partial charge in [-0.3, -0.25) is 0 Å². The monoisotopic (exact) mass is 490 g/mol. The lowest BCUT2D eigenvalue weighted by Gasteiger charge is -2.40. The van der Waals surface area contributed by atoms with E-state index in [9.17, 15) is 19.4 Å². The van der Waals surface area contributed by atoms with Crippen LogP contribution >= 0.6 is 10.2 Å². The molecule has 7 heteroatoms. The first kappa shape index (κ1) is 25.9. The molecule has 0 unspecified atom stereocenters. The standard InChI is InChI=1S/C26H35F5OS/c1-2-3-4-5-6-7-21-8-12-23(13-9-21)24-14-10-22(11-15-24)20-32-25-16-18-26(19-17-25)33(27,28,29,30)31/h10-11,14-19,21,23H,2-9,12-13,20H2,1H3/t21-,23-. The van der Waals surface area contributed by atoms with Gasteiger partial charge >= 0.3 is 10.2 Å². The largest absolute Gasteiger partial charge is 0.489 e. The molecule has 0 radical (unpaired) electrons. The van der Waals surface area contributed by atoms with E-state index in [4.69, 9.17) is 4.74 Å². The van der Waals surface area contributed by atoms with Crippen molar-refractivity contribution in [2.45, 2.75) is 88.6 Å². The molecule has 1 aliphatic rings. The second-order valence-corrected chi connectivity index (χ2v) is 11.8. The average molecular weight is 491 g/mol. The summed E-state index contributed by atoms with van der Waals surface area (Å²) in [6, 6.07) is 10.8. The fraction of sp³-hybridized carbons (Fsp3) is 0.538. The molecule has 0 saturated heterocycles. The molecule has 0 amide bonds. The molecule has 0 N–H and O–H groups in total. The van der Waals surface area contributed by atoms with E-state index in [1.54, 1.807) is 0 Å². The Bertz CT molecular complexity index is 870. The summed E-state index contributed by atoms with van der Waals surface area (Å²) in [6.07, 6.45) is 13.1. The molecule has 0 bridgehead atoms. The number of unbranched alkanes of at least 4 members (excludes halogenated alkanes) is 4. The van der Waals surface area contributed by atoms with Crippen molar-refractivity contribution in [1.29, 1.82) is 0 Å². The molecule has 1 saturated carbocycles. The van der Waals surface area contributed by atoms with Crippen molar-refractivity contribution < 1.29 is 24.2 Å². The van der Waals surface area contributed by atoms with Crippen LogP contribution in [0, 0.1) is 5.92 Å². The fourth-order valence-electron chi connectivity index (χ4n) is 4.67. The number of halogens is 5. The van der Waals surface area contributed by atoms with Gasteiger partial charge in [0.05, 0.1) is 0 Å². The van der Waals surface area contributed by atoms with Crippen LogP contribution in [-0.2, 0) is 6.61 Å². The third-order valence-electron chi connectivity index (χ3n) is 6.69. The normalized spacial score (nSPS) is 21.3. The molecule has 0 heterocycles. The highest BCUT2D eigenvalue weighted by Crippen LogP contribution is 3.02. The number of hydrogen-bond donors (Lipinski definition) is 0. The van der Waals surface area contributed by atoms with Gasteiger partial charge < -0.3 is 4.74 Å². The highest BCUT2D eigenvalue weighted by Gasteiger charge is 2.65. The molecule has 1 fully saturated rings. The maximum Gasteiger partial charge on any atom is 0.310 e. The summed E-state index contributed by atoms with van der Waals surface area (Å²) in [4.78, 5) is -1.90. The first-order valence-electron chi connectivity index (χ1n) is 12.0. The van der Waals surface area contributed by atoms with Gasteiger partial charge in [0.15, 0.2) is 0 Å². The van der Waals surface area contributed by atoms with Crippen LogP contribution in [0.3, 0.4) is 0 Å². The smallest absolute Gasteiger partial charge is 0.310 e. The number of benzene rings is 2. The van der Waals surface area contributed by atoms with E-state index in [1.807, 2.05) is 12.1 Å². The SMILES string of the molecule is CCCCCCC[C@H]1CC[C@H](c2ccc(COc3ccc(S(F)(F)(F)(F)F)cc3)cc2)CC1. The number of hydrogen-bond acceptors (Lipinski definition) is 1. The second kappa shape index (κ2) is 9.85. The Hall–Kier alpha value is -1.76. The minimum atomic E-state index is -9.65. The molecule has 0 atom stereocenters. The molecule has 3 rings (SSSR count). The number of rotatable bonds is 11. The molecule has 186 valence electrons. The van der Waals surface area contributed by atoms with Crippen molar-refractivity contribution in [2.75, 3.05) is 0 Å². The Labute approximate surface area is 194 Å².